The molecule has 3 heterocycles. The Morgan fingerprint density at radius 2 is 1.75 bits per heavy atom. The molecule has 1 aromatic carbocycles. The standard InChI is InChI=1S/C28H36N4O4/c1-17-22(6-5-9-25(17)36-2)28(35)30-19-14-20-11-12-21(15-19)32(20)26-13-10-18(16-29-26)27(34)31-23-7-3-4-8-24(23)33/h5-6,9-10,13,16,19-21,23-24,33H,3-4,7-8,11-12,14-15H2,1-2H3,(H,30,35)(H,31,34)/t19?,20-,21+,23-,24-/m0/s1. The molecule has 1 aromatic heterocycles. The Bertz CT molecular complexity index is 1090. The maximum absolute atomic E-state index is 13.0. The number of benzene rings is 1. The molecule has 2 saturated heterocycles. The molecule has 3 aliphatic rings. The Kier molecular flexibility index (Phi) is 7.14. The first-order valence-electron chi connectivity index (χ1n) is 13.1. The zero-order valence-corrected chi connectivity index (χ0v) is 21.1. The van der Waals surface area contributed by atoms with E-state index in [1.54, 1.807) is 13.3 Å². The molecular weight excluding hydrogens is 456 g/mol. The molecule has 0 radical (unpaired) electrons. The van der Waals surface area contributed by atoms with Gasteiger partial charge in [-0.15, -0.1) is 0 Å². The number of amides is 2. The molecule has 3 N–H and O–H groups in total. The second-order valence-electron chi connectivity index (χ2n) is 10.4. The molecule has 8 heteroatoms. The number of aliphatic hydroxyl groups is 1. The summed E-state index contributed by atoms with van der Waals surface area (Å²) < 4.78 is 5.37. The molecule has 0 spiro atoms. The number of piperidine rings is 1. The van der Waals surface area contributed by atoms with Crippen molar-refractivity contribution in [2.24, 2.45) is 0 Å². The highest BCUT2D eigenvalue weighted by Gasteiger charge is 2.42. The zero-order chi connectivity index (χ0) is 25.2. The summed E-state index contributed by atoms with van der Waals surface area (Å²) >= 11 is 0. The van der Waals surface area contributed by atoms with Crippen LogP contribution in [0.15, 0.2) is 36.5 Å². The average Bonchev–Trinajstić information content (AvgIpc) is 3.15. The van der Waals surface area contributed by atoms with Crippen LogP contribution in [-0.4, -0.2) is 59.3 Å². The number of nitrogens with zero attached hydrogens (tertiary/aromatic N) is 2. The van der Waals surface area contributed by atoms with Crippen LogP contribution < -0.4 is 20.3 Å². The van der Waals surface area contributed by atoms with Crippen LogP contribution in [0, 0.1) is 6.92 Å². The smallest absolute Gasteiger partial charge is 0.253 e. The number of aromatic nitrogens is 1. The van der Waals surface area contributed by atoms with Crippen LogP contribution in [0.5, 0.6) is 5.75 Å². The van der Waals surface area contributed by atoms with Gasteiger partial charge in [0.1, 0.15) is 11.6 Å². The molecule has 2 aliphatic heterocycles. The zero-order valence-electron chi connectivity index (χ0n) is 21.1. The number of carbonyl (C=O) groups is 2. The molecule has 2 bridgehead atoms. The summed E-state index contributed by atoms with van der Waals surface area (Å²) in [5.74, 6) is 1.36. The molecule has 192 valence electrons. The van der Waals surface area contributed by atoms with Gasteiger partial charge in [0.2, 0.25) is 0 Å². The van der Waals surface area contributed by atoms with Gasteiger partial charge < -0.3 is 25.4 Å². The van der Waals surface area contributed by atoms with Crippen molar-refractivity contribution in [3.63, 3.8) is 0 Å². The van der Waals surface area contributed by atoms with Crippen LogP contribution in [0.1, 0.15) is 77.6 Å². The van der Waals surface area contributed by atoms with Crippen LogP contribution in [0.25, 0.3) is 0 Å². The van der Waals surface area contributed by atoms with Crippen LogP contribution in [-0.2, 0) is 0 Å². The summed E-state index contributed by atoms with van der Waals surface area (Å²) in [6.45, 7) is 1.91. The number of fused-ring (bicyclic) bond motifs is 2. The lowest BCUT2D eigenvalue weighted by Crippen LogP contribution is -2.51. The summed E-state index contributed by atoms with van der Waals surface area (Å²) in [7, 11) is 1.62. The van der Waals surface area contributed by atoms with E-state index in [4.69, 9.17) is 4.74 Å². The molecule has 36 heavy (non-hydrogen) atoms. The van der Waals surface area contributed by atoms with Crippen LogP contribution in [0.4, 0.5) is 5.82 Å². The van der Waals surface area contributed by atoms with Gasteiger partial charge in [-0.25, -0.2) is 4.98 Å². The van der Waals surface area contributed by atoms with Crippen molar-refractivity contribution < 1.29 is 19.4 Å². The Morgan fingerprint density at radius 3 is 2.42 bits per heavy atom. The number of rotatable bonds is 6. The van der Waals surface area contributed by atoms with Gasteiger partial charge in [0.25, 0.3) is 11.8 Å². The van der Waals surface area contributed by atoms with Crippen LogP contribution in [0.3, 0.4) is 0 Å². The predicted molar refractivity (Wildman–Crippen MR) is 137 cm³/mol. The Hall–Kier alpha value is -3.13. The number of methoxy groups -OCH3 is 1. The fourth-order valence-corrected chi connectivity index (χ4v) is 6.22. The average molecular weight is 493 g/mol. The van der Waals surface area contributed by atoms with Crippen LogP contribution >= 0.6 is 0 Å². The first kappa shape index (κ1) is 24.6. The van der Waals surface area contributed by atoms with Crippen molar-refractivity contribution in [1.29, 1.82) is 0 Å². The van der Waals surface area contributed by atoms with Gasteiger partial charge in [-0.2, -0.15) is 0 Å². The van der Waals surface area contributed by atoms with E-state index >= 15 is 0 Å². The molecule has 1 saturated carbocycles. The van der Waals surface area contributed by atoms with E-state index in [1.807, 2.05) is 37.3 Å². The van der Waals surface area contributed by atoms with Gasteiger partial charge in [-0.3, -0.25) is 9.59 Å². The van der Waals surface area contributed by atoms with Gasteiger partial charge in [-0.1, -0.05) is 18.9 Å². The molecular formula is C28H36N4O4. The van der Waals surface area contributed by atoms with Gasteiger partial charge >= 0.3 is 0 Å². The quantitative estimate of drug-likeness (QED) is 0.571. The van der Waals surface area contributed by atoms with E-state index < -0.39 is 6.10 Å². The maximum atomic E-state index is 13.0. The fourth-order valence-electron chi connectivity index (χ4n) is 6.22. The van der Waals surface area contributed by atoms with Crippen molar-refractivity contribution in [2.75, 3.05) is 12.0 Å². The molecule has 5 atom stereocenters. The van der Waals surface area contributed by atoms with Gasteiger partial charge in [-0.05, 0) is 69.7 Å². The van der Waals surface area contributed by atoms with E-state index in [-0.39, 0.29) is 23.9 Å². The highest BCUT2D eigenvalue weighted by molar-refractivity contribution is 5.96. The highest BCUT2D eigenvalue weighted by atomic mass is 16.5. The largest absolute Gasteiger partial charge is 0.496 e. The van der Waals surface area contributed by atoms with E-state index in [9.17, 15) is 14.7 Å². The van der Waals surface area contributed by atoms with E-state index in [0.717, 1.165) is 68.5 Å². The first-order valence-corrected chi connectivity index (χ1v) is 13.1. The number of carbonyl (C=O) groups excluding carboxylic acids is 2. The molecule has 1 unspecified atom stereocenters. The van der Waals surface area contributed by atoms with Crippen molar-refractivity contribution in [2.45, 2.75) is 88.6 Å². The first-order chi connectivity index (χ1) is 17.4. The number of ether oxygens (including phenoxy) is 1. The third-order valence-electron chi connectivity index (χ3n) is 8.14. The SMILES string of the molecule is COc1cccc(C(=O)NC2C[C@H]3CC[C@@H](C2)N3c2ccc(C(=O)N[C@H]3CCCC[C@@H]3O)cn2)c1C. The number of hydrogen-bond acceptors (Lipinski definition) is 6. The minimum Gasteiger partial charge on any atom is -0.496 e. The van der Waals surface area contributed by atoms with Gasteiger partial charge in [0.05, 0.1) is 24.8 Å². The molecule has 2 amide bonds. The monoisotopic (exact) mass is 492 g/mol. The molecule has 8 nitrogen and oxygen atoms in total. The van der Waals surface area contributed by atoms with Crippen LogP contribution in [0.2, 0.25) is 0 Å². The third-order valence-corrected chi connectivity index (χ3v) is 8.14. The van der Waals surface area contributed by atoms with Crippen molar-refractivity contribution >= 4 is 17.6 Å². The topological polar surface area (TPSA) is 104 Å². The number of anilines is 1. The number of aliphatic hydroxyl groups excluding tert-OH is 1. The normalized spacial score (nSPS) is 27.4. The summed E-state index contributed by atoms with van der Waals surface area (Å²) in [5, 5.41) is 16.4. The van der Waals surface area contributed by atoms with E-state index in [1.165, 1.54) is 0 Å². The number of pyridine rings is 1. The number of hydrogen-bond donors (Lipinski definition) is 3. The molecule has 3 fully saturated rings. The van der Waals surface area contributed by atoms with Crippen molar-refractivity contribution in [3.8, 4) is 5.75 Å². The van der Waals surface area contributed by atoms with E-state index in [2.05, 4.69) is 20.5 Å². The number of nitrogens with one attached hydrogen (secondary N) is 2. The molecule has 5 rings (SSSR count). The van der Waals surface area contributed by atoms with E-state index in [0.29, 0.717) is 23.2 Å². The Morgan fingerprint density at radius 1 is 1.00 bits per heavy atom. The minimum absolute atomic E-state index is 0.0548. The third kappa shape index (κ3) is 4.91. The lowest BCUT2D eigenvalue weighted by molar-refractivity contribution is 0.0717. The summed E-state index contributed by atoms with van der Waals surface area (Å²) in [5.41, 5.74) is 2.02. The fraction of sp³-hybridized carbons (Fsp3) is 0.536. The second kappa shape index (κ2) is 10.5. The summed E-state index contributed by atoms with van der Waals surface area (Å²) in [6.07, 6.45) is 8.62. The van der Waals surface area contributed by atoms with Crippen molar-refractivity contribution in [1.82, 2.24) is 15.6 Å². The second-order valence-corrected chi connectivity index (χ2v) is 10.4. The van der Waals surface area contributed by atoms with Crippen molar-refractivity contribution in [3.05, 3.63) is 53.2 Å². The van der Waals surface area contributed by atoms with Gasteiger partial charge in [0.15, 0.2) is 0 Å². The molecule has 2 aromatic rings. The van der Waals surface area contributed by atoms with Gasteiger partial charge in [0, 0.05) is 35.4 Å². The Labute approximate surface area is 212 Å². The predicted octanol–water partition coefficient (Wildman–Crippen LogP) is 3.36. The minimum atomic E-state index is -0.472. The summed E-state index contributed by atoms with van der Waals surface area (Å²) in [6, 6.07) is 9.86. The summed E-state index contributed by atoms with van der Waals surface area (Å²) in [4.78, 5) is 32.7. The maximum Gasteiger partial charge on any atom is 0.253 e. The lowest BCUT2D eigenvalue weighted by atomic mass is 9.92. The molecule has 1 aliphatic carbocycles. The lowest BCUT2D eigenvalue weighted by Gasteiger charge is -2.40. The highest BCUT2D eigenvalue weighted by Crippen LogP contribution is 2.38. The Balaban J connectivity index is 1.21.